The Bertz CT molecular complexity index is 296. The summed E-state index contributed by atoms with van der Waals surface area (Å²) in [4.78, 5) is 0. The van der Waals surface area contributed by atoms with Crippen LogP contribution >= 0.6 is 0 Å². The molecule has 0 saturated carbocycles. The molecule has 2 nitrogen and oxygen atoms in total. The summed E-state index contributed by atoms with van der Waals surface area (Å²) in [5, 5.41) is 3.33. The van der Waals surface area contributed by atoms with Gasteiger partial charge in [0.15, 0.2) is 0 Å². The van der Waals surface area contributed by atoms with Gasteiger partial charge < -0.3 is 9.73 Å². The first-order valence-corrected chi connectivity index (χ1v) is 5.01. The van der Waals surface area contributed by atoms with Gasteiger partial charge >= 0.3 is 0 Å². The van der Waals surface area contributed by atoms with Crippen molar-refractivity contribution in [2.75, 3.05) is 6.54 Å². The Balaban J connectivity index is 2.05. The molecule has 0 saturated heterocycles. The predicted octanol–water partition coefficient (Wildman–Crippen LogP) is 2.48. The van der Waals surface area contributed by atoms with Crippen LogP contribution in [0.1, 0.15) is 30.6 Å². The second-order valence-corrected chi connectivity index (χ2v) is 3.36. The Morgan fingerprint density at radius 3 is 3.00 bits per heavy atom. The Labute approximate surface area is 85.7 Å². The Morgan fingerprint density at radius 2 is 2.36 bits per heavy atom. The van der Waals surface area contributed by atoms with Crippen LogP contribution in [-0.2, 0) is 6.54 Å². The van der Waals surface area contributed by atoms with Crippen LogP contribution in [0.3, 0.4) is 0 Å². The third-order valence-corrected chi connectivity index (χ3v) is 2.18. The normalized spacial score (nSPS) is 10.0. The molecular weight excluding hydrogens is 174 g/mol. The van der Waals surface area contributed by atoms with Crippen LogP contribution in [0.5, 0.6) is 0 Å². The van der Waals surface area contributed by atoms with Gasteiger partial charge in [0.1, 0.15) is 5.76 Å². The molecule has 0 fully saturated rings. The van der Waals surface area contributed by atoms with Gasteiger partial charge in [-0.05, 0) is 37.9 Å². The van der Waals surface area contributed by atoms with E-state index in [0.717, 1.165) is 38.1 Å². The number of terminal acetylenes is 1. The average Bonchev–Trinajstić information content (AvgIpc) is 2.58. The van der Waals surface area contributed by atoms with Crippen molar-refractivity contribution in [2.45, 2.75) is 32.7 Å². The third kappa shape index (κ3) is 3.68. The van der Waals surface area contributed by atoms with Gasteiger partial charge in [-0.1, -0.05) is 0 Å². The molecule has 0 aliphatic rings. The lowest BCUT2D eigenvalue weighted by atomic mass is 10.2. The van der Waals surface area contributed by atoms with Crippen molar-refractivity contribution in [1.29, 1.82) is 0 Å². The minimum Gasteiger partial charge on any atom is -0.468 e. The zero-order valence-corrected chi connectivity index (χ0v) is 8.68. The van der Waals surface area contributed by atoms with Crippen LogP contribution < -0.4 is 5.32 Å². The second-order valence-electron chi connectivity index (χ2n) is 3.36. The highest BCUT2D eigenvalue weighted by atomic mass is 16.3. The topological polar surface area (TPSA) is 25.2 Å². The quantitative estimate of drug-likeness (QED) is 0.552. The highest BCUT2D eigenvalue weighted by Crippen LogP contribution is 2.07. The molecule has 0 radical (unpaired) electrons. The molecule has 0 aromatic carbocycles. The maximum absolute atomic E-state index is 5.30. The number of hydrogen-bond donors (Lipinski definition) is 1. The molecule has 0 bridgehead atoms. The lowest BCUT2D eigenvalue weighted by molar-refractivity contribution is 0.477. The zero-order chi connectivity index (χ0) is 10.2. The molecule has 14 heavy (non-hydrogen) atoms. The summed E-state index contributed by atoms with van der Waals surface area (Å²) in [6, 6.07) is 1.98. The monoisotopic (exact) mass is 191 g/mol. The molecular formula is C12H17NO. The number of furan rings is 1. The maximum atomic E-state index is 5.30. The number of unbranched alkanes of at least 4 members (excludes halogenated alkanes) is 2. The number of aryl methyl sites for hydroxylation is 1. The number of rotatable bonds is 6. The standard InChI is InChI=1S/C12H17NO/c1-3-4-5-6-8-13-10-12-11(2)7-9-14-12/h1,7,9,13H,4-6,8,10H2,2H3. The summed E-state index contributed by atoms with van der Waals surface area (Å²) < 4.78 is 5.30. The van der Waals surface area contributed by atoms with Gasteiger partial charge in [-0.15, -0.1) is 12.3 Å². The van der Waals surface area contributed by atoms with Crippen LogP contribution in [-0.4, -0.2) is 6.54 Å². The second kappa shape index (κ2) is 6.28. The van der Waals surface area contributed by atoms with E-state index in [1.807, 2.05) is 6.07 Å². The fourth-order valence-electron chi connectivity index (χ4n) is 1.26. The first-order chi connectivity index (χ1) is 6.84. The van der Waals surface area contributed by atoms with Crippen LogP contribution in [0.4, 0.5) is 0 Å². The number of nitrogens with one attached hydrogen (secondary N) is 1. The molecule has 0 aliphatic heterocycles. The van der Waals surface area contributed by atoms with Gasteiger partial charge in [0.2, 0.25) is 0 Å². The summed E-state index contributed by atoms with van der Waals surface area (Å²) in [7, 11) is 0. The Hall–Kier alpha value is -1.20. The van der Waals surface area contributed by atoms with Gasteiger partial charge in [-0.2, -0.15) is 0 Å². The molecule has 0 aliphatic carbocycles. The van der Waals surface area contributed by atoms with Crippen LogP contribution in [0, 0.1) is 19.3 Å². The SMILES string of the molecule is C#CCCCCNCc1occc1C. The summed E-state index contributed by atoms with van der Waals surface area (Å²) in [6.07, 6.45) is 9.98. The van der Waals surface area contributed by atoms with Crippen molar-refractivity contribution in [3.8, 4) is 12.3 Å². The minimum absolute atomic E-state index is 0.814. The van der Waals surface area contributed by atoms with E-state index in [9.17, 15) is 0 Å². The van der Waals surface area contributed by atoms with Crippen molar-refractivity contribution >= 4 is 0 Å². The average molecular weight is 191 g/mol. The van der Waals surface area contributed by atoms with Gasteiger partial charge in [0, 0.05) is 6.42 Å². The van der Waals surface area contributed by atoms with Crippen molar-refractivity contribution in [3.63, 3.8) is 0 Å². The third-order valence-electron chi connectivity index (χ3n) is 2.18. The summed E-state index contributed by atoms with van der Waals surface area (Å²) in [5.41, 5.74) is 1.21. The largest absolute Gasteiger partial charge is 0.468 e. The smallest absolute Gasteiger partial charge is 0.120 e. The maximum Gasteiger partial charge on any atom is 0.120 e. The van der Waals surface area contributed by atoms with E-state index in [1.165, 1.54) is 5.56 Å². The van der Waals surface area contributed by atoms with Crippen LogP contribution in [0.25, 0.3) is 0 Å². The molecule has 1 aromatic rings. The first kappa shape index (κ1) is 10.9. The highest BCUT2D eigenvalue weighted by molar-refractivity contribution is 5.13. The number of hydrogen-bond acceptors (Lipinski definition) is 2. The van der Waals surface area contributed by atoms with E-state index in [2.05, 4.69) is 18.2 Å². The zero-order valence-electron chi connectivity index (χ0n) is 8.68. The summed E-state index contributed by atoms with van der Waals surface area (Å²) in [6.45, 7) is 3.87. The first-order valence-electron chi connectivity index (χ1n) is 5.01. The molecule has 76 valence electrons. The van der Waals surface area contributed by atoms with Crippen molar-refractivity contribution in [1.82, 2.24) is 5.32 Å². The van der Waals surface area contributed by atoms with E-state index < -0.39 is 0 Å². The lowest BCUT2D eigenvalue weighted by Crippen LogP contribution is -2.14. The molecule has 1 rings (SSSR count). The van der Waals surface area contributed by atoms with Gasteiger partial charge in [0.25, 0.3) is 0 Å². The van der Waals surface area contributed by atoms with E-state index in [0.29, 0.717) is 0 Å². The fourth-order valence-corrected chi connectivity index (χ4v) is 1.26. The Morgan fingerprint density at radius 1 is 1.50 bits per heavy atom. The van der Waals surface area contributed by atoms with Crippen molar-refractivity contribution in [3.05, 3.63) is 23.7 Å². The van der Waals surface area contributed by atoms with E-state index in [1.54, 1.807) is 6.26 Å². The van der Waals surface area contributed by atoms with Crippen LogP contribution in [0.2, 0.25) is 0 Å². The van der Waals surface area contributed by atoms with Gasteiger partial charge in [0.05, 0.1) is 12.8 Å². The van der Waals surface area contributed by atoms with Crippen molar-refractivity contribution < 1.29 is 4.42 Å². The molecule has 1 N–H and O–H groups in total. The van der Waals surface area contributed by atoms with E-state index in [4.69, 9.17) is 10.8 Å². The van der Waals surface area contributed by atoms with Gasteiger partial charge in [-0.3, -0.25) is 0 Å². The fraction of sp³-hybridized carbons (Fsp3) is 0.500. The molecule has 2 heteroatoms. The van der Waals surface area contributed by atoms with E-state index >= 15 is 0 Å². The lowest BCUT2D eigenvalue weighted by Gasteiger charge is -2.02. The minimum atomic E-state index is 0.814. The summed E-state index contributed by atoms with van der Waals surface area (Å²) in [5.74, 6) is 3.66. The van der Waals surface area contributed by atoms with Gasteiger partial charge in [-0.25, -0.2) is 0 Å². The molecule has 0 atom stereocenters. The molecule has 0 amide bonds. The molecule has 1 aromatic heterocycles. The molecule has 1 heterocycles. The highest BCUT2D eigenvalue weighted by Gasteiger charge is 1.99. The van der Waals surface area contributed by atoms with Crippen molar-refractivity contribution in [2.24, 2.45) is 0 Å². The molecule has 0 unspecified atom stereocenters. The Kier molecular flexibility index (Phi) is 4.88. The van der Waals surface area contributed by atoms with Crippen LogP contribution in [0.15, 0.2) is 16.7 Å². The summed E-state index contributed by atoms with van der Waals surface area (Å²) >= 11 is 0. The predicted molar refractivity (Wildman–Crippen MR) is 57.8 cm³/mol. The molecule has 0 spiro atoms. The van der Waals surface area contributed by atoms with E-state index in [-0.39, 0.29) is 0 Å².